The summed E-state index contributed by atoms with van der Waals surface area (Å²) in [4.78, 5) is 5.22. The average molecular weight is 263 g/mol. The fourth-order valence-electron chi connectivity index (χ4n) is 3.02. The van der Waals surface area contributed by atoms with Crippen molar-refractivity contribution >= 4 is 0 Å². The number of nitrogens with zero attached hydrogens (tertiary/aromatic N) is 5. The molecule has 0 amide bonds. The molecule has 1 saturated carbocycles. The van der Waals surface area contributed by atoms with Crippen LogP contribution >= 0.6 is 0 Å². The van der Waals surface area contributed by atoms with E-state index in [1.54, 1.807) is 0 Å². The minimum atomic E-state index is 1.01. The maximum absolute atomic E-state index is 4.03. The van der Waals surface area contributed by atoms with Crippen molar-refractivity contribution in [2.45, 2.75) is 32.7 Å². The van der Waals surface area contributed by atoms with Crippen LogP contribution in [-0.4, -0.2) is 63.8 Å². The van der Waals surface area contributed by atoms with Crippen molar-refractivity contribution in [2.75, 3.05) is 39.3 Å². The van der Waals surface area contributed by atoms with Gasteiger partial charge in [0.2, 0.25) is 0 Å². The summed E-state index contributed by atoms with van der Waals surface area (Å²) in [6.45, 7) is 10.4. The topological polar surface area (TPSA) is 37.2 Å². The fraction of sp³-hybridized carbons (Fsp3) is 0.857. The van der Waals surface area contributed by atoms with Gasteiger partial charge in [0.15, 0.2) is 0 Å². The summed E-state index contributed by atoms with van der Waals surface area (Å²) in [5.74, 6) is 2.02. The van der Waals surface area contributed by atoms with E-state index in [0.717, 1.165) is 24.8 Å². The second-order valence-corrected chi connectivity index (χ2v) is 6.01. The second kappa shape index (κ2) is 6.01. The molecule has 0 N–H and O–H groups in total. The van der Waals surface area contributed by atoms with Crippen LogP contribution in [0.4, 0.5) is 0 Å². The molecule has 5 nitrogen and oxygen atoms in total. The molecule has 1 aliphatic heterocycles. The Hall–Kier alpha value is -0.940. The molecule has 0 bridgehead atoms. The minimum Gasteiger partial charge on any atom is -0.317 e. The van der Waals surface area contributed by atoms with Crippen LogP contribution in [0.3, 0.4) is 0 Å². The van der Waals surface area contributed by atoms with E-state index < -0.39 is 0 Å². The Morgan fingerprint density at radius 2 is 1.84 bits per heavy atom. The van der Waals surface area contributed by atoms with E-state index in [4.69, 9.17) is 0 Å². The zero-order chi connectivity index (χ0) is 13.1. The highest BCUT2D eigenvalue weighted by molar-refractivity contribution is 4.82. The zero-order valence-electron chi connectivity index (χ0n) is 12.0. The summed E-state index contributed by atoms with van der Waals surface area (Å²) in [5.41, 5.74) is 0. The largest absolute Gasteiger partial charge is 0.317 e. The van der Waals surface area contributed by atoms with Crippen molar-refractivity contribution in [3.05, 3.63) is 12.2 Å². The molecule has 2 fully saturated rings. The Morgan fingerprint density at radius 3 is 2.42 bits per heavy atom. The molecule has 1 saturated heterocycles. The Kier molecular flexibility index (Phi) is 4.13. The minimum absolute atomic E-state index is 1.01. The highest BCUT2D eigenvalue weighted by Gasteiger charge is 2.23. The van der Waals surface area contributed by atoms with Crippen LogP contribution < -0.4 is 0 Å². The molecule has 0 atom stereocenters. The average Bonchev–Trinajstić information content (AvgIpc) is 2.78. The molecular weight excluding hydrogens is 238 g/mol. The van der Waals surface area contributed by atoms with Crippen LogP contribution in [0.15, 0.2) is 6.33 Å². The van der Waals surface area contributed by atoms with Crippen LogP contribution in [0.2, 0.25) is 0 Å². The highest BCUT2D eigenvalue weighted by atomic mass is 15.3. The van der Waals surface area contributed by atoms with Gasteiger partial charge >= 0.3 is 0 Å². The maximum Gasteiger partial charge on any atom is 0.129 e. The van der Waals surface area contributed by atoms with E-state index in [0.29, 0.717) is 0 Å². The maximum atomic E-state index is 4.03. The van der Waals surface area contributed by atoms with Gasteiger partial charge in [-0.25, -0.2) is 0 Å². The van der Waals surface area contributed by atoms with Gasteiger partial charge in [-0.2, -0.15) is 0 Å². The van der Waals surface area contributed by atoms with E-state index in [1.807, 2.05) is 13.3 Å². The van der Waals surface area contributed by atoms with E-state index >= 15 is 0 Å². The van der Waals surface area contributed by atoms with Crippen LogP contribution in [0.1, 0.15) is 25.1 Å². The van der Waals surface area contributed by atoms with Crippen molar-refractivity contribution < 1.29 is 0 Å². The van der Waals surface area contributed by atoms with E-state index in [2.05, 4.69) is 24.6 Å². The van der Waals surface area contributed by atoms with Crippen LogP contribution in [0.5, 0.6) is 0 Å². The number of rotatable bonds is 5. The van der Waals surface area contributed by atoms with Crippen molar-refractivity contribution in [2.24, 2.45) is 5.92 Å². The molecule has 0 spiro atoms. The molecule has 0 aromatic carbocycles. The number of hydrogen-bond donors (Lipinski definition) is 0. The van der Waals surface area contributed by atoms with Gasteiger partial charge in [-0.05, 0) is 25.7 Å². The van der Waals surface area contributed by atoms with Gasteiger partial charge in [0.25, 0.3) is 0 Å². The summed E-state index contributed by atoms with van der Waals surface area (Å²) in [6, 6.07) is 0. The monoisotopic (exact) mass is 263 g/mol. The normalized spacial score (nSPS) is 22.6. The van der Waals surface area contributed by atoms with Crippen molar-refractivity contribution in [3.63, 3.8) is 0 Å². The Bertz CT molecular complexity index is 390. The first-order valence-electron chi connectivity index (χ1n) is 7.60. The molecule has 1 aromatic rings. The third-order valence-electron chi connectivity index (χ3n) is 4.67. The van der Waals surface area contributed by atoms with Crippen molar-refractivity contribution in [1.82, 2.24) is 24.6 Å². The van der Waals surface area contributed by atoms with Gasteiger partial charge in [0.1, 0.15) is 12.2 Å². The molecule has 0 unspecified atom stereocenters. The molecule has 1 aromatic heterocycles. The third-order valence-corrected chi connectivity index (χ3v) is 4.67. The quantitative estimate of drug-likeness (QED) is 0.794. The van der Waals surface area contributed by atoms with Crippen LogP contribution in [-0.2, 0) is 6.54 Å². The predicted octanol–water partition coefficient (Wildman–Crippen LogP) is 1.00. The Morgan fingerprint density at radius 1 is 1.11 bits per heavy atom. The SMILES string of the molecule is Cc1nncn1CCN1CCN(CC2CCC2)CC1. The fourth-order valence-corrected chi connectivity index (χ4v) is 3.02. The molecule has 5 heteroatoms. The van der Waals surface area contributed by atoms with Gasteiger partial charge < -0.3 is 9.47 Å². The lowest BCUT2D eigenvalue weighted by atomic mass is 9.85. The molecule has 2 aliphatic rings. The van der Waals surface area contributed by atoms with Crippen molar-refractivity contribution in [3.8, 4) is 0 Å². The van der Waals surface area contributed by atoms with Gasteiger partial charge in [-0.1, -0.05) is 6.42 Å². The molecule has 3 rings (SSSR count). The Labute approximate surface area is 115 Å². The second-order valence-electron chi connectivity index (χ2n) is 6.01. The summed E-state index contributed by atoms with van der Waals surface area (Å²) >= 11 is 0. The highest BCUT2D eigenvalue weighted by Crippen LogP contribution is 2.27. The zero-order valence-corrected chi connectivity index (χ0v) is 12.0. The molecule has 0 radical (unpaired) electrons. The van der Waals surface area contributed by atoms with Crippen LogP contribution in [0.25, 0.3) is 0 Å². The lowest BCUT2D eigenvalue weighted by molar-refractivity contribution is 0.0984. The van der Waals surface area contributed by atoms with Gasteiger partial charge in [-0.3, -0.25) is 4.90 Å². The predicted molar refractivity (Wildman–Crippen MR) is 75.0 cm³/mol. The van der Waals surface area contributed by atoms with Gasteiger partial charge in [0, 0.05) is 45.8 Å². The summed E-state index contributed by atoms with van der Waals surface area (Å²) < 4.78 is 2.14. The standard InChI is InChI=1S/C14H25N5/c1-13-16-15-12-19(13)10-9-17-5-7-18(8-6-17)11-14-3-2-4-14/h12,14H,2-11H2,1H3. The first kappa shape index (κ1) is 13.1. The van der Waals surface area contributed by atoms with Gasteiger partial charge in [-0.15, -0.1) is 10.2 Å². The number of aryl methyl sites for hydroxylation is 1. The first-order valence-corrected chi connectivity index (χ1v) is 7.60. The molecule has 2 heterocycles. The first-order chi connectivity index (χ1) is 9.31. The molecule has 19 heavy (non-hydrogen) atoms. The Balaban J connectivity index is 1.37. The molecular formula is C14H25N5. The number of aromatic nitrogens is 3. The lowest BCUT2D eigenvalue weighted by Gasteiger charge is -2.38. The summed E-state index contributed by atoms with van der Waals surface area (Å²) in [7, 11) is 0. The van der Waals surface area contributed by atoms with Gasteiger partial charge in [0.05, 0.1) is 0 Å². The third kappa shape index (κ3) is 3.34. The molecule has 1 aliphatic carbocycles. The van der Waals surface area contributed by atoms with E-state index in [-0.39, 0.29) is 0 Å². The lowest BCUT2D eigenvalue weighted by Crippen LogP contribution is -2.48. The van der Waals surface area contributed by atoms with E-state index in [9.17, 15) is 0 Å². The smallest absolute Gasteiger partial charge is 0.129 e. The van der Waals surface area contributed by atoms with Crippen molar-refractivity contribution in [1.29, 1.82) is 0 Å². The van der Waals surface area contributed by atoms with E-state index in [1.165, 1.54) is 52.0 Å². The summed E-state index contributed by atoms with van der Waals surface area (Å²) in [6.07, 6.45) is 6.23. The summed E-state index contributed by atoms with van der Waals surface area (Å²) in [5, 5.41) is 7.96. The molecule has 106 valence electrons. The number of piperazine rings is 1. The number of hydrogen-bond acceptors (Lipinski definition) is 4. The van der Waals surface area contributed by atoms with Crippen LogP contribution in [0, 0.1) is 12.8 Å².